The van der Waals surface area contributed by atoms with E-state index in [1.165, 1.54) is 0 Å². The van der Waals surface area contributed by atoms with E-state index >= 15 is 0 Å². The van der Waals surface area contributed by atoms with Gasteiger partial charge < -0.3 is 30.6 Å². The number of carboxylic acids is 6. The highest BCUT2D eigenvalue weighted by molar-refractivity contribution is 5.90. The third kappa shape index (κ3) is 35.8. The van der Waals surface area contributed by atoms with E-state index in [9.17, 15) is 28.8 Å². The topological polar surface area (TPSA) is 248 Å². The average Bonchev–Trinajstić information content (AvgIpc) is 2.71. The molecule has 13 heteroatoms. The van der Waals surface area contributed by atoms with Crippen LogP contribution in [-0.4, -0.2) is 66.5 Å². The van der Waals surface area contributed by atoms with E-state index in [-0.39, 0.29) is 0 Å². The Hall–Kier alpha value is -5.25. The summed E-state index contributed by atoms with van der Waals surface area (Å²) in [5.41, 5.74) is 0.715. The van der Waals surface area contributed by atoms with Crippen LogP contribution in [0.25, 0.3) is 0 Å². The summed E-state index contributed by atoms with van der Waals surface area (Å²) in [6, 6.07) is 11.2. The normalized spacial score (nSPS) is 9.09. The number of nitrogens with zero attached hydrogens (tertiary/aromatic N) is 1. The lowest BCUT2D eigenvalue weighted by Crippen LogP contribution is -1.91. The summed E-state index contributed by atoms with van der Waals surface area (Å²) in [4.78, 5) is 57.3. The fourth-order valence-electron chi connectivity index (χ4n) is 0.940. The Labute approximate surface area is 179 Å². The molecule has 32 heavy (non-hydrogen) atoms. The Morgan fingerprint density at radius 3 is 0.875 bits per heavy atom. The molecule has 1 aromatic rings. The maximum absolute atomic E-state index is 9.55. The van der Waals surface area contributed by atoms with Gasteiger partial charge in [0.15, 0.2) is 0 Å². The summed E-state index contributed by atoms with van der Waals surface area (Å²) in [6.07, 6.45) is 3.35. The van der Waals surface area contributed by atoms with Crippen molar-refractivity contribution in [1.82, 2.24) is 0 Å². The molecule has 0 radical (unpaired) electrons. The van der Waals surface area contributed by atoms with Crippen molar-refractivity contribution in [1.29, 1.82) is 5.26 Å². The lowest BCUT2D eigenvalue weighted by molar-refractivity contribution is -0.134. The molecule has 1 aromatic carbocycles. The number of benzene rings is 1. The van der Waals surface area contributed by atoms with Gasteiger partial charge in [0.1, 0.15) is 0 Å². The first-order valence-corrected chi connectivity index (χ1v) is 7.68. The van der Waals surface area contributed by atoms with Crippen molar-refractivity contribution in [2.45, 2.75) is 0 Å². The fraction of sp³-hybridized carbons (Fsp3) is 0. The summed E-state index contributed by atoms with van der Waals surface area (Å²) in [6.45, 7) is 0. The van der Waals surface area contributed by atoms with Crippen molar-refractivity contribution in [3.63, 3.8) is 0 Å². The second kappa shape index (κ2) is 20.5. The predicted molar refractivity (Wildman–Crippen MR) is 104 cm³/mol. The third-order valence-corrected chi connectivity index (χ3v) is 2.01. The molecule has 0 aliphatic heterocycles. The van der Waals surface area contributed by atoms with Crippen LogP contribution in [0.3, 0.4) is 0 Å². The molecule has 0 unspecified atom stereocenters. The molecule has 0 spiro atoms. The second-order valence-electron chi connectivity index (χ2n) is 4.51. The van der Waals surface area contributed by atoms with Crippen molar-refractivity contribution in [3.8, 4) is 6.07 Å². The first-order valence-electron chi connectivity index (χ1n) is 7.68. The van der Waals surface area contributed by atoms with Gasteiger partial charge in [-0.15, -0.1) is 0 Å². The Morgan fingerprint density at radius 1 is 0.531 bits per heavy atom. The molecule has 0 aromatic heterocycles. The van der Waals surface area contributed by atoms with Crippen molar-refractivity contribution >= 4 is 35.8 Å². The third-order valence-electron chi connectivity index (χ3n) is 2.01. The Kier molecular flexibility index (Phi) is 20.1. The van der Waals surface area contributed by atoms with Crippen molar-refractivity contribution < 1.29 is 59.4 Å². The number of aliphatic carboxylic acids is 6. The molecule has 1 rings (SSSR count). The highest BCUT2D eigenvalue weighted by atomic mass is 16.4. The Balaban J connectivity index is -0.000000350. The van der Waals surface area contributed by atoms with E-state index in [0.29, 0.717) is 42.0 Å². The van der Waals surface area contributed by atoms with Crippen molar-refractivity contribution in [2.75, 3.05) is 0 Å². The van der Waals surface area contributed by atoms with Crippen LogP contribution in [0.15, 0.2) is 66.8 Å². The molecule has 0 amide bonds. The Bertz CT molecular complexity index is 779. The highest BCUT2D eigenvalue weighted by Crippen LogP contribution is 1.93. The maximum atomic E-state index is 9.55. The van der Waals surface area contributed by atoms with Gasteiger partial charge in [0.2, 0.25) is 0 Å². The molecule has 170 valence electrons. The number of hydrogen-bond donors (Lipinski definition) is 6. The summed E-state index contributed by atoms with van der Waals surface area (Å²) in [5.74, 6) is -7.54. The van der Waals surface area contributed by atoms with E-state index < -0.39 is 35.8 Å². The minimum Gasteiger partial charge on any atom is -0.478 e. The summed E-state index contributed by atoms with van der Waals surface area (Å²) >= 11 is 0. The van der Waals surface area contributed by atoms with E-state index in [1.807, 2.05) is 24.3 Å². The molecule has 0 bridgehead atoms. The number of hydrogen-bond acceptors (Lipinski definition) is 7. The molecule has 0 fully saturated rings. The van der Waals surface area contributed by atoms with Gasteiger partial charge in [-0.05, 0) is 12.1 Å². The molecular weight excluding hydrogens is 434 g/mol. The average molecular weight is 451 g/mol. The van der Waals surface area contributed by atoms with Crippen LogP contribution < -0.4 is 0 Å². The number of carbonyl (C=O) groups is 6. The summed E-state index contributed by atoms with van der Waals surface area (Å²) in [5, 5.41) is 55.2. The van der Waals surface area contributed by atoms with Crippen LogP contribution in [0.4, 0.5) is 0 Å². The summed E-state index contributed by atoms with van der Waals surface area (Å²) in [7, 11) is 0. The van der Waals surface area contributed by atoms with Crippen LogP contribution >= 0.6 is 0 Å². The first-order chi connectivity index (χ1) is 14.8. The van der Waals surface area contributed by atoms with Gasteiger partial charge in [-0.1, -0.05) is 18.2 Å². The molecule has 0 aliphatic carbocycles. The van der Waals surface area contributed by atoms with Crippen molar-refractivity contribution in [3.05, 3.63) is 72.4 Å². The van der Waals surface area contributed by atoms with Crippen LogP contribution in [0.2, 0.25) is 0 Å². The van der Waals surface area contributed by atoms with Gasteiger partial charge in [-0.2, -0.15) is 5.26 Å². The minimum absolute atomic E-state index is 0.558. The molecule has 0 aliphatic rings. The zero-order valence-electron chi connectivity index (χ0n) is 15.9. The highest BCUT2D eigenvalue weighted by Gasteiger charge is 1.89. The molecule has 0 atom stereocenters. The van der Waals surface area contributed by atoms with E-state index in [1.54, 1.807) is 12.1 Å². The van der Waals surface area contributed by atoms with E-state index in [2.05, 4.69) is 0 Å². The molecule has 0 heterocycles. The quantitative estimate of drug-likeness (QED) is 0.326. The SMILES string of the molecule is N#Cc1ccccc1.O=C(O)/C=C\C(=O)O.O=C(O)/C=C\C(=O)O.O=C(O)/C=C\C(=O)O. The second-order valence-corrected chi connectivity index (χ2v) is 4.51. The Morgan fingerprint density at radius 2 is 0.750 bits per heavy atom. The summed E-state index contributed by atoms with van der Waals surface area (Å²) < 4.78 is 0. The molecule has 6 N–H and O–H groups in total. The molecule has 0 saturated heterocycles. The number of nitriles is 1. The van der Waals surface area contributed by atoms with Crippen LogP contribution in [0.1, 0.15) is 5.56 Å². The van der Waals surface area contributed by atoms with Crippen LogP contribution in [0, 0.1) is 11.3 Å². The van der Waals surface area contributed by atoms with Crippen LogP contribution in [0.5, 0.6) is 0 Å². The van der Waals surface area contributed by atoms with E-state index in [4.69, 9.17) is 35.9 Å². The molecule has 13 nitrogen and oxygen atoms in total. The van der Waals surface area contributed by atoms with Crippen LogP contribution in [-0.2, 0) is 28.8 Å². The van der Waals surface area contributed by atoms with Crippen molar-refractivity contribution in [2.24, 2.45) is 0 Å². The van der Waals surface area contributed by atoms with Gasteiger partial charge in [0.05, 0.1) is 11.6 Å². The number of carboxylic acid groups (broad SMARTS) is 6. The zero-order chi connectivity index (χ0) is 25.5. The van der Waals surface area contributed by atoms with Gasteiger partial charge >= 0.3 is 35.8 Å². The zero-order valence-corrected chi connectivity index (χ0v) is 15.9. The standard InChI is InChI=1S/C7H5N.3C4H4O4/c8-6-7-4-2-1-3-5-7;3*5-3(6)1-2-4(7)8/h1-5H;3*1-2H,(H,5,6)(H,7,8)/b;3*2-1-. The van der Waals surface area contributed by atoms with Gasteiger partial charge in [-0.3, -0.25) is 0 Å². The smallest absolute Gasteiger partial charge is 0.328 e. The van der Waals surface area contributed by atoms with Gasteiger partial charge in [-0.25, -0.2) is 28.8 Å². The van der Waals surface area contributed by atoms with Gasteiger partial charge in [0.25, 0.3) is 0 Å². The first kappa shape index (κ1) is 31.4. The molecular formula is C19H17NO12. The maximum Gasteiger partial charge on any atom is 0.328 e. The molecule has 0 saturated carbocycles. The monoisotopic (exact) mass is 451 g/mol. The fourth-order valence-corrected chi connectivity index (χ4v) is 0.940. The predicted octanol–water partition coefficient (Wildman–Crippen LogP) is 0.694. The lowest BCUT2D eigenvalue weighted by atomic mass is 10.2. The van der Waals surface area contributed by atoms with Gasteiger partial charge in [0, 0.05) is 36.5 Å². The lowest BCUT2D eigenvalue weighted by Gasteiger charge is -1.80. The minimum atomic E-state index is -1.26. The number of rotatable bonds is 6. The largest absolute Gasteiger partial charge is 0.478 e. The van der Waals surface area contributed by atoms with E-state index in [0.717, 1.165) is 0 Å².